The second kappa shape index (κ2) is 5.44. The summed E-state index contributed by atoms with van der Waals surface area (Å²) in [4.78, 5) is 11.6. The Morgan fingerprint density at radius 3 is 2.93 bits per heavy atom. The lowest BCUT2D eigenvalue weighted by molar-refractivity contribution is -0.130. The van der Waals surface area contributed by atoms with Gasteiger partial charge in [0.2, 0.25) is 5.91 Å². The minimum absolute atomic E-state index is 0.0683. The summed E-state index contributed by atoms with van der Waals surface area (Å²) in [6.45, 7) is 2.35. The fourth-order valence-electron chi connectivity index (χ4n) is 1.43. The lowest BCUT2D eigenvalue weighted by Gasteiger charge is -2.25. The van der Waals surface area contributed by atoms with Crippen molar-refractivity contribution < 1.29 is 19.7 Å². The molecule has 0 saturated carbocycles. The molecule has 1 saturated heterocycles. The van der Waals surface area contributed by atoms with E-state index in [0.29, 0.717) is 6.61 Å². The molecule has 88 valence electrons. The first kappa shape index (κ1) is 12.4. The second-order valence-corrected chi connectivity index (χ2v) is 4.29. The Hall–Kier alpha value is -0.650. The van der Waals surface area contributed by atoms with Gasteiger partial charge >= 0.3 is 0 Å². The van der Waals surface area contributed by atoms with Gasteiger partial charge in [0.1, 0.15) is 5.60 Å². The first-order valence-corrected chi connectivity index (χ1v) is 5.24. The van der Waals surface area contributed by atoms with E-state index in [1.54, 1.807) is 0 Å². The van der Waals surface area contributed by atoms with Crippen LogP contribution in [0.3, 0.4) is 0 Å². The normalized spacial score (nSPS) is 25.7. The number of aliphatic hydroxyl groups excluding tert-OH is 1. The Balaban J connectivity index is 2.28. The summed E-state index contributed by atoms with van der Waals surface area (Å²) >= 11 is 0. The number of carbonyl (C=O) groups is 1. The van der Waals surface area contributed by atoms with Crippen molar-refractivity contribution in [3.05, 3.63) is 0 Å². The summed E-state index contributed by atoms with van der Waals surface area (Å²) in [6.07, 6.45) is 1.72. The van der Waals surface area contributed by atoms with Crippen LogP contribution in [0.5, 0.6) is 0 Å². The number of hydrogen-bond acceptors (Lipinski definition) is 4. The average molecular weight is 217 g/mol. The van der Waals surface area contributed by atoms with Gasteiger partial charge in [0.25, 0.3) is 0 Å². The molecule has 1 fully saturated rings. The zero-order chi connectivity index (χ0) is 11.3. The maximum atomic E-state index is 11.6. The van der Waals surface area contributed by atoms with Crippen LogP contribution in [-0.2, 0) is 9.53 Å². The van der Waals surface area contributed by atoms with Crippen molar-refractivity contribution in [3.8, 4) is 0 Å². The van der Waals surface area contributed by atoms with Crippen LogP contribution in [0.1, 0.15) is 19.8 Å². The second-order valence-electron chi connectivity index (χ2n) is 4.29. The maximum Gasteiger partial charge on any atom is 0.225 e. The molecule has 5 nitrogen and oxygen atoms in total. The summed E-state index contributed by atoms with van der Waals surface area (Å²) in [5.41, 5.74) is -1.24. The highest BCUT2D eigenvalue weighted by Crippen LogP contribution is 2.13. The Labute approximate surface area is 89.4 Å². The molecular weight excluding hydrogens is 198 g/mol. The zero-order valence-electron chi connectivity index (χ0n) is 9.03. The molecule has 15 heavy (non-hydrogen) atoms. The highest BCUT2D eigenvalue weighted by molar-refractivity contribution is 5.78. The first-order valence-electron chi connectivity index (χ1n) is 5.24. The van der Waals surface area contributed by atoms with E-state index < -0.39 is 5.60 Å². The van der Waals surface area contributed by atoms with Crippen LogP contribution in [-0.4, -0.2) is 48.1 Å². The minimum atomic E-state index is -1.24. The molecular formula is C10H19NO4. The van der Waals surface area contributed by atoms with Gasteiger partial charge in [-0.15, -0.1) is 0 Å². The van der Waals surface area contributed by atoms with Crippen LogP contribution in [0, 0.1) is 5.92 Å². The maximum absolute atomic E-state index is 11.6. The van der Waals surface area contributed by atoms with Crippen LogP contribution in [0.25, 0.3) is 0 Å². The molecule has 0 spiro atoms. The molecule has 1 heterocycles. The van der Waals surface area contributed by atoms with Crippen LogP contribution >= 0.6 is 0 Å². The fraction of sp³-hybridized carbons (Fsp3) is 0.900. The molecule has 5 heteroatoms. The van der Waals surface area contributed by atoms with E-state index in [1.165, 1.54) is 6.92 Å². The van der Waals surface area contributed by atoms with Crippen molar-refractivity contribution in [2.24, 2.45) is 5.92 Å². The number of carbonyl (C=O) groups excluding carboxylic acids is 1. The smallest absolute Gasteiger partial charge is 0.225 e. The predicted molar refractivity (Wildman–Crippen MR) is 54.3 cm³/mol. The van der Waals surface area contributed by atoms with Crippen molar-refractivity contribution in [2.75, 3.05) is 26.4 Å². The van der Waals surface area contributed by atoms with E-state index in [9.17, 15) is 9.90 Å². The molecule has 0 aliphatic carbocycles. The minimum Gasteiger partial charge on any atom is -0.393 e. The monoisotopic (exact) mass is 217 g/mol. The average Bonchev–Trinajstić information content (AvgIpc) is 2.27. The largest absolute Gasteiger partial charge is 0.393 e. The summed E-state index contributed by atoms with van der Waals surface area (Å²) in [5, 5.41) is 20.9. The van der Waals surface area contributed by atoms with Gasteiger partial charge in [0.15, 0.2) is 0 Å². The lowest BCUT2D eigenvalue weighted by atomic mass is 10.0. The van der Waals surface area contributed by atoms with E-state index in [2.05, 4.69) is 5.32 Å². The molecule has 0 radical (unpaired) electrons. The molecule has 1 aliphatic heterocycles. The molecule has 0 bridgehead atoms. The Bertz CT molecular complexity index is 211. The molecule has 3 N–H and O–H groups in total. The van der Waals surface area contributed by atoms with Crippen molar-refractivity contribution in [2.45, 2.75) is 25.4 Å². The number of nitrogens with one attached hydrogen (secondary N) is 1. The summed E-state index contributed by atoms with van der Waals surface area (Å²) < 4.78 is 5.19. The van der Waals surface area contributed by atoms with Gasteiger partial charge in [-0.3, -0.25) is 4.79 Å². The quantitative estimate of drug-likeness (QED) is 0.580. The fourth-order valence-corrected chi connectivity index (χ4v) is 1.43. The molecule has 1 aliphatic rings. The van der Waals surface area contributed by atoms with Crippen molar-refractivity contribution >= 4 is 5.91 Å². The third kappa shape index (κ3) is 4.15. The van der Waals surface area contributed by atoms with Gasteiger partial charge in [-0.05, 0) is 19.8 Å². The summed E-state index contributed by atoms with van der Waals surface area (Å²) in [5.74, 6) is -0.225. The van der Waals surface area contributed by atoms with Crippen LogP contribution in [0.15, 0.2) is 0 Å². The molecule has 1 amide bonds. The number of rotatable bonds is 4. The van der Waals surface area contributed by atoms with Gasteiger partial charge < -0.3 is 20.3 Å². The van der Waals surface area contributed by atoms with E-state index in [4.69, 9.17) is 9.84 Å². The summed E-state index contributed by atoms with van der Waals surface area (Å²) in [7, 11) is 0. The van der Waals surface area contributed by atoms with Gasteiger partial charge in [0, 0.05) is 13.2 Å². The molecule has 2 unspecified atom stereocenters. The van der Waals surface area contributed by atoms with Crippen molar-refractivity contribution in [3.63, 3.8) is 0 Å². The highest BCUT2D eigenvalue weighted by Gasteiger charge is 2.25. The van der Waals surface area contributed by atoms with Gasteiger partial charge in [-0.1, -0.05) is 0 Å². The summed E-state index contributed by atoms with van der Waals surface area (Å²) in [6, 6.07) is 0. The van der Waals surface area contributed by atoms with Gasteiger partial charge in [-0.25, -0.2) is 0 Å². The first-order chi connectivity index (χ1) is 7.05. The van der Waals surface area contributed by atoms with E-state index >= 15 is 0 Å². The molecule has 0 aromatic carbocycles. The van der Waals surface area contributed by atoms with Crippen molar-refractivity contribution in [1.29, 1.82) is 0 Å². The number of aliphatic hydroxyl groups is 2. The molecule has 2 atom stereocenters. The SMILES string of the molecule is CC(O)(CO)CNC(=O)C1CCCOC1. The third-order valence-electron chi connectivity index (χ3n) is 2.52. The molecule has 0 aromatic heterocycles. The van der Waals surface area contributed by atoms with E-state index in [1.807, 2.05) is 0 Å². The Morgan fingerprint density at radius 2 is 2.40 bits per heavy atom. The third-order valence-corrected chi connectivity index (χ3v) is 2.52. The standard InChI is InChI=1S/C10H19NO4/c1-10(14,7-12)6-11-9(13)8-3-2-4-15-5-8/h8,12,14H,2-7H2,1H3,(H,11,13). The molecule has 0 aromatic rings. The van der Waals surface area contributed by atoms with E-state index in [0.717, 1.165) is 19.4 Å². The Kier molecular flexibility index (Phi) is 4.50. The topological polar surface area (TPSA) is 78.8 Å². The zero-order valence-corrected chi connectivity index (χ0v) is 9.03. The Morgan fingerprint density at radius 1 is 1.67 bits per heavy atom. The van der Waals surface area contributed by atoms with Gasteiger partial charge in [-0.2, -0.15) is 0 Å². The predicted octanol–water partition coefficient (Wildman–Crippen LogP) is -0.728. The molecule has 1 rings (SSSR count). The number of amides is 1. The van der Waals surface area contributed by atoms with Crippen molar-refractivity contribution in [1.82, 2.24) is 5.32 Å². The van der Waals surface area contributed by atoms with E-state index in [-0.39, 0.29) is 25.0 Å². The highest BCUT2D eigenvalue weighted by atomic mass is 16.5. The lowest BCUT2D eigenvalue weighted by Crippen LogP contribution is -2.46. The number of hydrogen-bond donors (Lipinski definition) is 3. The van der Waals surface area contributed by atoms with Crippen LogP contribution in [0.4, 0.5) is 0 Å². The van der Waals surface area contributed by atoms with Crippen LogP contribution in [0.2, 0.25) is 0 Å². The van der Waals surface area contributed by atoms with Crippen LogP contribution < -0.4 is 5.32 Å². The van der Waals surface area contributed by atoms with Gasteiger partial charge in [0.05, 0.1) is 19.1 Å². The number of ether oxygens (including phenoxy) is 1.